The lowest BCUT2D eigenvalue weighted by Crippen LogP contribution is -2.40. The molecule has 1 N–H and O–H groups in total. The molecule has 0 aromatic rings. The predicted octanol–water partition coefficient (Wildman–Crippen LogP) is 1.04. The van der Waals surface area contributed by atoms with Crippen molar-refractivity contribution in [1.82, 2.24) is 10.2 Å². The number of rotatable bonds is 3. The quantitative estimate of drug-likeness (QED) is 0.755. The van der Waals surface area contributed by atoms with Crippen LogP contribution in [0, 0.1) is 5.92 Å². The molecule has 3 heteroatoms. The molecule has 0 aromatic heterocycles. The summed E-state index contributed by atoms with van der Waals surface area (Å²) in [5.74, 6) is 0.826. The van der Waals surface area contributed by atoms with Crippen LogP contribution in [0.2, 0.25) is 0 Å². The van der Waals surface area contributed by atoms with E-state index in [0.717, 1.165) is 39.0 Å². The van der Waals surface area contributed by atoms with Crippen molar-refractivity contribution in [3.8, 4) is 0 Å². The Kier molecular flexibility index (Phi) is 4.15. The zero-order valence-electron chi connectivity index (χ0n) is 9.50. The summed E-state index contributed by atoms with van der Waals surface area (Å²) in [5, 5.41) is 3.31. The number of piperidine rings is 2. The van der Waals surface area contributed by atoms with Gasteiger partial charge in [0.2, 0.25) is 0 Å². The summed E-state index contributed by atoms with van der Waals surface area (Å²) >= 11 is 0. The van der Waals surface area contributed by atoms with E-state index in [-0.39, 0.29) is 0 Å². The smallest absolute Gasteiger partial charge is 0.149 e. The van der Waals surface area contributed by atoms with Crippen molar-refractivity contribution >= 4 is 5.78 Å². The molecule has 0 aromatic carbocycles. The molecular formula is C12H22N2O. The number of hydrogen-bond acceptors (Lipinski definition) is 3. The zero-order chi connectivity index (χ0) is 10.5. The second kappa shape index (κ2) is 5.61. The number of carbonyl (C=O) groups is 1. The Morgan fingerprint density at radius 2 is 1.80 bits per heavy atom. The summed E-state index contributed by atoms with van der Waals surface area (Å²) in [5.41, 5.74) is 0. The van der Waals surface area contributed by atoms with E-state index in [1.807, 2.05) is 0 Å². The first-order valence-corrected chi connectivity index (χ1v) is 6.32. The first-order chi connectivity index (χ1) is 7.36. The van der Waals surface area contributed by atoms with E-state index in [2.05, 4.69) is 10.2 Å². The minimum Gasteiger partial charge on any atom is -0.317 e. The summed E-state index contributed by atoms with van der Waals surface area (Å²) in [6, 6.07) is 0. The minimum atomic E-state index is 0.341. The van der Waals surface area contributed by atoms with Crippen LogP contribution >= 0.6 is 0 Å². The predicted molar refractivity (Wildman–Crippen MR) is 60.9 cm³/mol. The Bertz CT molecular complexity index is 206. The average molecular weight is 210 g/mol. The van der Waals surface area contributed by atoms with E-state index in [4.69, 9.17) is 0 Å². The summed E-state index contributed by atoms with van der Waals surface area (Å²) in [7, 11) is 0. The molecule has 2 rings (SSSR count). The van der Waals surface area contributed by atoms with Crippen molar-refractivity contribution in [1.29, 1.82) is 0 Å². The van der Waals surface area contributed by atoms with Crippen molar-refractivity contribution in [2.45, 2.75) is 32.1 Å². The lowest BCUT2D eigenvalue weighted by Gasteiger charge is -2.28. The maximum absolute atomic E-state index is 12.0. The molecule has 15 heavy (non-hydrogen) atoms. The number of nitrogens with one attached hydrogen (secondary N) is 1. The van der Waals surface area contributed by atoms with Gasteiger partial charge in [0, 0.05) is 5.92 Å². The number of hydrogen-bond donors (Lipinski definition) is 1. The summed E-state index contributed by atoms with van der Waals surface area (Å²) in [4.78, 5) is 14.3. The fourth-order valence-corrected chi connectivity index (χ4v) is 2.61. The van der Waals surface area contributed by atoms with Crippen LogP contribution in [0.3, 0.4) is 0 Å². The van der Waals surface area contributed by atoms with E-state index in [1.54, 1.807) is 0 Å². The molecule has 2 aliphatic rings. The van der Waals surface area contributed by atoms with Crippen molar-refractivity contribution < 1.29 is 4.79 Å². The third-order valence-corrected chi connectivity index (χ3v) is 3.62. The van der Waals surface area contributed by atoms with Gasteiger partial charge in [-0.2, -0.15) is 0 Å². The third-order valence-electron chi connectivity index (χ3n) is 3.62. The summed E-state index contributed by atoms with van der Waals surface area (Å²) in [6.07, 6.45) is 6.00. The van der Waals surface area contributed by atoms with Gasteiger partial charge >= 0.3 is 0 Å². The fraction of sp³-hybridized carbons (Fsp3) is 0.917. The molecule has 2 heterocycles. The second-order valence-corrected chi connectivity index (χ2v) is 4.83. The second-order valence-electron chi connectivity index (χ2n) is 4.83. The Morgan fingerprint density at radius 1 is 1.13 bits per heavy atom. The van der Waals surface area contributed by atoms with Crippen molar-refractivity contribution in [3.63, 3.8) is 0 Å². The summed E-state index contributed by atoms with van der Waals surface area (Å²) in [6.45, 7) is 5.03. The van der Waals surface area contributed by atoms with Gasteiger partial charge in [-0.25, -0.2) is 0 Å². The summed E-state index contributed by atoms with van der Waals surface area (Å²) < 4.78 is 0. The lowest BCUT2D eigenvalue weighted by molar-refractivity contribution is -0.125. The van der Waals surface area contributed by atoms with Gasteiger partial charge in [-0.1, -0.05) is 6.42 Å². The lowest BCUT2D eigenvalue weighted by atomic mass is 9.93. The Labute approximate surface area is 92.2 Å². The molecule has 3 nitrogen and oxygen atoms in total. The van der Waals surface area contributed by atoms with Gasteiger partial charge < -0.3 is 5.32 Å². The van der Waals surface area contributed by atoms with Crippen LogP contribution in [-0.4, -0.2) is 43.4 Å². The first-order valence-electron chi connectivity index (χ1n) is 6.32. The highest BCUT2D eigenvalue weighted by Gasteiger charge is 2.23. The number of carbonyl (C=O) groups excluding carboxylic acids is 1. The Balaban J connectivity index is 1.74. The van der Waals surface area contributed by atoms with Gasteiger partial charge in [-0.05, 0) is 51.9 Å². The van der Waals surface area contributed by atoms with Gasteiger partial charge in [-0.3, -0.25) is 9.69 Å². The standard InChI is InChI=1S/C12H22N2O/c15-12(11-4-6-13-7-5-11)10-14-8-2-1-3-9-14/h11,13H,1-10H2. The molecule has 0 radical (unpaired) electrons. The van der Waals surface area contributed by atoms with E-state index in [1.165, 1.54) is 19.3 Å². The van der Waals surface area contributed by atoms with Gasteiger partial charge in [-0.15, -0.1) is 0 Å². The van der Waals surface area contributed by atoms with Crippen LogP contribution in [0.5, 0.6) is 0 Å². The molecule has 0 aliphatic carbocycles. The number of Topliss-reactive ketones (excluding diaryl/α,β-unsaturated/α-hetero) is 1. The van der Waals surface area contributed by atoms with Gasteiger partial charge in [0.05, 0.1) is 6.54 Å². The molecule has 2 saturated heterocycles. The van der Waals surface area contributed by atoms with Crippen LogP contribution in [-0.2, 0) is 4.79 Å². The maximum Gasteiger partial charge on any atom is 0.149 e. The van der Waals surface area contributed by atoms with Crippen molar-refractivity contribution in [3.05, 3.63) is 0 Å². The van der Waals surface area contributed by atoms with Crippen LogP contribution in [0.15, 0.2) is 0 Å². The van der Waals surface area contributed by atoms with Crippen LogP contribution in [0.25, 0.3) is 0 Å². The molecule has 86 valence electrons. The number of ketones is 1. The first kappa shape index (κ1) is 11.1. The van der Waals surface area contributed by atoms with Gasteiger partial charge in [0.25, 0.3) is 0 Å². The molecule has 2 aliphatic heterocycles. The SMILES string of the molecule is O=C(CN1CCCCC1)C1CCNCC1. The molecule has 0 spiro atoms. The van der Waals surface area contributed by atoms with Gasteiger partial charge in [0.15, 0.2) is 0 Å². The average Bonchev–Trinajstić information content (AvgIpc) is 2.31. The fourth-order valence-electron chi connectivity index (χ4n) is 2.61. The Hall–Kier alpha value is -0.410. The van der Waals surface area contributed by atoms with Crippen LogP contribution in [0.4, 0.5) is 0 Å². The maximum atomic E-state index is 12.0. The molecular weight excluding hydrogens is 188 g/mol. The number of likely N-dealkylation sites (tertiary alicyclic amines) is 1. The molecule has 2 fully saturated rings. The van der Waals surface area contributed by atoms with Crippen molar-refractivity contribution in [2.75, 3.05) is 32.7 Å². The normalized spacial score (nSPS) is 25.3. The van der Waals surface area contributed by atoms with Crippen LogP contribution in [0.1, 0.15) is 32.1 Å². The van der Waals surface area contributed by atoms with Gasteiger partial charge in [0.1, 0.15) is 5.78 Å². The largest absolute Gasteiger partial charge is 0.317 e. The highest BCUT2D eigenvalue weighted by atomic mass is 16.1. The van der Waals surface area contributed by atoms with E-state index in [9.17, 15) is 4.79 Å². The Morgan fingerprint density at radius 3 is 2.47 bits per heavy atom. The molecule has 0 unspecified atom stereocenters. The molecule has 0 amide bonds. The molecule has 0 bridgehead atoms. The van der Waals surface area contributed by atoms with E-state index >= 15 is 0 Å². The van der Waals surface area contributed by atoms with E-state index < -0.39 is 0 Å². The topological polar surface area (TPSA) is 32.3 Å². The molecule has 0 atom stereocenters. The third kappa shape index (κ3) is 3.28. The zero-order valence-corrected chi connectivity index (χ0v) is 9.50. The monoisotopic (exact) mass is 210 g/mol. The van der Waals surface area contributed by atoms with E-state index in [0.29, 0.717) is 18.2 Å². The highest BCUT2D eigenvalue weighted by Crippen LogP contribution is 2.15. The molecule has 0 saturated carbocycles. The minimum absolute atomic E-state index is 0.341. The van der Waals surface area contributed by atoms with Crippen molar-refractivity contribution in [2.24, 2.45) is 5.92 Å². The number of nitrogens with zero attached hydrogens (tertiary/aromatic N) is 1. The van der Waals surface area contributed by atoms with Crippen LogP contribution < -0.4 is 5.32 Å². The highest BCUT2D eigenvalue weighted by molar-refractivity contribution is 5.83.